The molecule has 6 unspecified atom stereocenters. The molecule has 6 atom stereocenters. The minimum Gasteiger partial charge on any atom is -0.457 e. The summed E-state index contributed by atoms with van der Waals surface area (Å²) in [6.45, 7) is 4.42. The third-order valence-electron chi connectivity index (χ3n) is 9.22. The van der Waals surface area contributed by atoms with Crippen molar-refractivity contribution in [2.45, 2.75) is 192 Å². The Morgan fingerprint density at radius 1 is 0.615 bits per heavy atom. The molecule has 9 heteroatoms. The Hall–Kier alpha value is -1.85. The van der Waals surface area contributed by atoms with Crippen LogP contribution < -0.4 is 0 Å². The highest BCUT2D eigenvalue weighted by Crippen LogP contribution is 2.22. The zero-order valence-electron chi connectivity index (χ0n) is 32.8. The molecule has 0 aromatic carbocycles. The summed E-state index contributed by atoms with van der Waals surface area (Å²) in [6, 6.07) is 0. The van der Waals surface area contributed by atoms with Crippen molar-refractivity contribution in [3.05, 3.63) is 48.6 Å². The van der Waals surface area contributed by atoms with Crippen LogP contribution in [0.3, 0.4) is 0 Å². The van der Waals surface area contributed by atoms with E-state index >= 15 is 0 Å². The van der Waals surface area contributed by atoms with E-state index in [4.69, 9.17) is 18.9 Å². The van der Waals surface area contributed by atoms with Crippen LogP contribution in [0.1, 0.15) is 155 Å². The highest BCUT2D eigenvalue weighted by atomic mass is 16.7. The first-order chi connectivity index (χ1) is 25.4. The third-order valence-corrected chi connectivity index (χ3v) is 9.22. The van der Waals surface area contributed by atoms with E-state index in [0.717, 1.165) is 77.0 Å². The molecule has 0 spiro atoms. The first-order valence-corrected chi connectivity index (χ1v) is 20.7. The van der Waals surface area contributed by atoms with Crippen LogP contribution in [-0.4, -0.2) is 89.6 Å². The summed E-state index contributed by atoms with van der Waals surface area (Å²) >= 11 is 0. The van der Waals surface area contributed by atoms with Gasteiger partial charge >= 0.3 is 5.97 Å². The van der Waals surface area contributed by atoms with Crippen molar-refractivity contribution in [1.82, 2.24) is 0 Å². The Bertz CT molecular complexity index is 932. The Labute approximate surface area is 316 Å². The number of carbonyl (C=O) groups is 1. The highest BCUT2D eigenvalue weighted by molar-refractivity contribution is 5.69. The molecule has 0 aliphatic carbocycles. The lowest BCUT2D eigenvalue weighted by molar-refractivity contribution is -0.305. The zero-order chi connectivity index (χ0) is 37.9. The van der Waals surface area contributed by atoms with Crippen molar-refractivity contribution in [2.75, 3.05) is 26.4 Å². The van der Waals surface area contributed by atoms with E-state index in [1.165, 1.54) is 57.8 Å². The van der Waals surface area contributed by atoms with E-state index < -0.39 is 43.4 Å². The topological polar surface area (TPSA) is 135 Å². The van der Waals surface area contributed by atoms with E-state index in [-0.39, 0.29) is 19.2 Å². The molecule has 0 amide bonds. The minimum atomic E-state index is -1.54. The summed E-state index contributed by atoms with van der Waals surface area (Å²) in [6.07, 6.45) is 34.1. The molecule has 1 heterocycles. The van der Waals surface area contributed by atoms with Gasteiger partial charge in [0.15, 0.2) is 6.29 Å². The van der Waals surface area contributed by atoms with Crippen molar-refractivity contribution >= 4 is 5.97 Å². The van der Waals surface area contributed by atoms with Crippen molar-refractivity contribution < 1.29 is 44.2 Å². The number of hydrogen-bond donors (Lipinski definition) is 4. The van der Waals surface area contributed by atoms with Crippen LogP contribution in [0, 0.1) is 0 Å². The lowest BCUT2D eigenvalue weighted by Gasteiger charge is -2.39. The lowest BCUT2D eigenvalue weighted by atomic mass is 9.99. The van der Waals surface area contributed by atoms with Crippen LogP contribution in [-0.2, 0) is 23.7 Å². The summed E-state index contributed by atoms with van der Waals surface area (Å²) in [5.74, 6) is -0.334. The quantitative estimate of drug-likeness (QED) is 0.0291. The highest BCUT2D eigenvalue weighted by Gasteiger charge is 2.44. The van der Waals surface area contributed by atoms with Gasteiger partial charge in [-0.25, -0.2) is 0 Å². The number of ether oxygens (including phenoxy) is 4. The second-order valence-corrected chi connectivity index (χ2v) is 14.1. The molecule has 52 heavy (non-hydrogen) atoms. The predicted octanol–water partition coefficient (Wildman–Crippen LogP) is 8.58. The van der Waals surface area contributed by atoms with Gasteiger partial charge in [-0.15, -0.1) is 0 Å². The molecule has 1 rings (SSSR count). The molecule has 0 aromatic heterocycles. The fourth-order valence-corrected chi connectivity index (χ4v) is 5.88. The van der Waals surface area contributed by atoms with Crippen molar-refractivity contribution in [2.24, 2.45) is 0 Å². The van der Waals surface area contributed by atoms with Gasteiger partial charge in [0.1, 0.15) is 30.5 Å². The molecule has 1 aliphatic heterocycles. The van der Waals surface area contributed by atoms with Gasteiger partial charge in [0.25, 0.3) is 0 Å². The monoisotopic (exact) mass is 737 g/mol. The maximum atomic E-state index is 12.7. The van der Waals surface area contributed by atoms with E-state index in [2.05, 4.69) is 62.5 Å². The number of allylic oxidation sites excluding steroid dienone is 8. The van der Waals surface area contributed by atoms with E-state index in [1.54, 1.807) is 0 Å². The number of carbonyl (C=O) groups excluding carboxylic acids is 1. The van der Waals surface area contributed by atoms with Gasteiger partial charge in [-0.2, -0.15) is 0 Å². The van der Waals surface area contributed by atoms with E-state index in [9.17, 15) is 25.2 Å². The SMILES string of the molecule is CCCC/C=C\C/C=C\CCCCCCCCOCC(COC1OC(CO)C(O)C(O)C1O)OC(=O)CCCCCCC/C=C\C/C=C\CCCC. The normalized spacial score (nSPS) is 21.7. The number of rotatable bonds is 34. The largest absolute Gasteiger partial charge is 0.457 e. The van der Waals surface area contributed by atoms with Gasteiger partial charge in [-0.05, 0) is 64.2 Å². The number of hydrogen-bond acceptors (Lipinski definition) is 9. The molecule has 0 radical (unpaired) electrons. The molecular weight excluding hydrogens is 660 g/mol. The van der Waals surface area contributed by atoms with Gasteiger partial charge in [0, 0.05) is 13.0 Å². The van der Waals surface area contributed by atoms with Crippen LogP contribution in [0.2, 0.25) is 0 Å². The standard InChI is InChI=1S/C43H76O9/c1-3-5-7-9-11-13-15-17-19-21-23-25-27-29-31-33-49-35-37(36-50-43-42(48)41(47)40(46)38(34-44)52-43)51-39(45)32-30-28-26-24-22-20-18-16-14-12-10-8-6-4-2/h9-12,15-18,37-38,40-44,46-48H,3-8,13-14,19-36H2,1-2H3/b11-9-,12-10-,17-15-,18-16-. The van der Waals surface area contributed by atoms with Gasteiger partial charge in [0.05, 0.1) is 19.8 Å². The minimum absolute atomic E-state index is 0.125. The van der Waals surface area contributed by atoms with Crippen LogP contribution in [0.4, 0.5) is 0 Å². The smallest absolute Gasteiger partial charge is 0.306 e. The molecule has 1 fully saturated rings. The summed E-state index contributed by atoms with van der Waals surface area (Å²) in [4.78, 5) is 12.7. The van der Waals surface area contributed by atoms with Gasteiger partial charge in [-0.3, -0.25) is 4.79 Å². The Balaban J connectivity index is 2.33. The van der Waals surface area contributed by atoms with Gasteiger partial charge in [-0.1, -0.05) is 133 Å². The molecule has 0 saturated carbocycles. The number of aliphatic hydroxyl groups excluding tert-OH is 4. The number of unbranched alkanes of at least 4 members (excludes halogenated alkanes) is 15. The van der Waals surface area contributed by atoms with Crippen LogP contribution in [0.25, 0.3) is 0 Å². The average Bonchev–Trinajstić information content (AvgIpc) is 3.14. The van der Waals surface area contributed by atoms with Gasteiger partial charge < -0.3 is 39.4 Å². The summed E-state index contributed by atoms with van der Waals surface area (Å²) in [5.41, 5.74) is 0. The first kappa shape index (κ1) is 48.2. The second kappa shape index (κ2) is 34.9. The Kier molecular flexibility index (Phi) is 32.3. The summed E-state index contributed by atoms with van der Waals surface area (Å²) < 4.78 is 22.7. The summed E-state index contributed by atoms with van der Waals surface area (Å²) in [7, 11) is 0. The molecule has 1 aliphatic rings. The molecule has 0 aromatic rings. The zero-order valence-corrected chi connectivity index (χ0v) is 32.8. The van der Waals surface area contributed by atoms with Crippen molar-refractivity contribution in [3.63, 3.8) is 0 Å². The molecule has 9 nitrogen and oxygen atoms in total. The third kappa shape index (κ3) is 26.0. The second-order valence-electron chi connectivity index (χ2n) is 14.1. The van der Waals surface area contributed by atoms with Crippen LogP contribution in [0.5, 0.6) is 0 Å². The maximum Gasteiger partial charge on any atom is 0.306 e. The van der Waals surface area contributed by atoms with Crippen molar-refractivity contribution in [3.8, 4) is 0 Å². The molecule has 1 saturated heterocycles. The van der Waals surface area contributed by atoms with Crippen LogP contribution in [0.15, 0.2) is 48.6 Å². The average molecular weight is 737 g/mol. The fourth-order valence-electron chi connectivity index (χ4n) is 5.88. The summed E-state index contributed by atoms with van der Waals surface area (Å²) in [5, 5.41) is 40.0. The van der Waals surface area contributed by atoms with E-state index in [0.29, 0.717) is 13.0 Å². The first-order valence-electron chi connectivity index (χ1n) is 20.7. The van der Waals surface area contributed by atoms with Crippen molar-refractivity contribution in [1.29, 1.82) is 0 Å². The Morgan fingerprint density at radius 3 is 1.65 bits per heavy atom. The predicted molar refractivity (Wildman–Crippen MR) is 210 cm³/mol. The molecule has 302 valence electrons. The fraction of sp³-hybridized carbons (Fsp3) is 0.791. The molecular formula is C43H76O9. The Morgan fingerprint density at radius 2 is 1.12 bits per heavy atom. The van der Waals surface area contributed by atoms with Gasteiger partial charge in [0.2, 0.25) is 0 Å². The molecule has 0 bridgehead atoms. The van der Waals surface area contributed by atoms with Crippen LogP contribution >= 0.6 is 0 Å². The molecule has 4 N–H and O–H groups in total. The number of esters is 1. The maximum absolute atomic E-state index is 12.7. The number of aliphatic hydroxyl groups is 4. The van der Waals surface area contributed by atoms with E-state index in [1.807, 2.05) is 0 Å². The lowest BCUT2D eigenvalue weighted by Crippen LogP contribution is -2.59.